The van der Waals surface area contributed by atoms with Gasteiger partial charge in [-0.05, 0) is 24.3 Å². The van der Waals surface area contributed by atoms with E-state index in [4.69, 9.17) is 9.84 Å². The van der Waals surface area contributed by atoms with E-state index in [9.17, 15) is 0 Å². The number of aliphatic hydroxyl groups is 1. The molecule has 1 aromatic carbocycles. The van der Waals surface area contributed by atoms with Gasteiger partial charge >= 0.3 is 0 Å². The summed E-state index contributed by atoms with van der Waals surface area (Å²) in [6, 6.07) is 6.70. The highest BCUT2D eigenvalue weighted by Gasteiger charge is 2.22. The summed E-state index contributed by atoms with van der Waals surface area (Å²) in [4.78, 5) is 0. The van der Waals surface area contributed by atoms with Crippen molar-refractivity contribution < 1.29 is 9.84 Å². The standard InChI is InChI=1S/C15H23NO2/c1-11(2)12-5-3-6-13-14(16-8-9-17)7-4-10-18-15(12)13/h3,5-6,11,14,16-17H,4,7-10H2,1-2H3. The molecule has 0 saturated carbocycles. The molecule has 0 aliphatic carbocycles. The minimum Gasteiger partial charge on any atom is -0.493 e. The number of fused-ring (bicyclic) bond motifs is 1. The third kappa shape index (κ3) is 2.85. The van der Waals surface area contributed by atoms with Gasteiger partial charge in [-0.15, -0.1) is 0 Å². The van der Waals surface area contributed by atoms with E-state index in [2.05, 4.69) is 37.4 Å². The molecule has 0 saturated heterocycles. The molecule has 0 amide bonds. The van der Waals surface area contributed by atoms with Crippen molar-refractivity contribution in [2.24, 2.45) is 0 Å². The SMILES string of the molecule is CC(C)c1cccc2c1OCCCC2NCCO. The monoisotopic (exact) mass is 249 g/mol. The Morgan fingerprint density at radius 2 is 2.28 bits per heavy atom. The van der Waals surface area contributed by atoms with Crippen LogP contribution >= 0.6 is 0 Å². The Labute approximate surface area is 109 Å². The zero-order chi connectivity index (χ0) is 13.0. The van der Waals surface area contributed by atoms with Gasteiger partial charge in [0.1, 0.15) is 5.75 Å². The Balaban J connectivity index is 2.33. The molecule has 0 fully saturated rings. The molecule has 0 radical (unpaired) electrons. The lowest BCUT2D eigenvalue weighted by Gasteiger charge is -2.21. The van der Waals surface area contributed by atoms with Crippen molar-refractivity contribution in [2.45, 2.75) is 38.6 Å². The van der Waals surface area contributed by atoms with Crippen LogP contribution in [-0.4, -0.2) is 24.9 Å². The van der Waals surface area contributed by atoms with Gasteiger partial charge in [-0.1, -0.05) is 32.0 Å². The number of benzene rings is 1. The summed E-state index contributed by atoms with van der Waals surface area (Å²) in [5.41, 5.74) is 2.53. The Hall–Kier alpha value is -1.06. The smallest absolute Gasteiger partial charge is 0.127 e. The molecule has 18 heavy (non-hydrogen) atoms. The minimum atomic E-state index is 0.177. The van der Waals surface area contributed by atoms with Gasteiger partial charge in [-0.3, -0.25) is 0 Å². The van der Waals surface area contributed by atoms with Crippen LogP contribution in [0.5, 0.6) is 5.75 Å². The van der Waals surface area contributed by atoms with Crippen molar-refractivity contribution in [3.63, 3.8) is 0 Å². The Bertz CT molecular complexity index is 390. The molecule has 1 heterocycles. The molecule has 1 aliphatic rings. The van der Waals surface area contributed by atoms with E-state index in [1.165, 1.54) is 11.1 Å². The molecule has 1 aliphatic heterocycles. The maximum absolute atomic E-state index is 8.96. The fourth-order valence-corrected chi connectivity index (χ4v) is 2.54. The minimum absolute atomic E-state index is 0.177. The maximum atomic E-state index is 8.96. The second-order valence-corrected chi connectivity index (χ2v) is 5.14. The summed E-state index contributed by atoms with van der Waals surface area (Å²) in [6.07, 6.45) is 2.11. The van der Waals surface area contributed by atoms with Gasteiger partial charge in [0, 0.05) is 18.2 Å². The van der Waals surface area contributed by atoms with Crippen molar-refractivity contribution >= 4 is 0 Å². The molecule has 0 spiro atoms. The second kappa shape index (κ2) is 6.21. The van der Waals surface area contributed by atoms with Crippen LogP contribution in [0, 0.1) is 0 Å². The van der Waals surface area contributed by atoms with Crippen LogP contribution in [0.2, 0.25) is 0 Å². The van der Waals surface area contributed by atoms with Crippen LogP contribution in [0.1, 0.15) is 49.8 Å². The number of aliphatic hydroxyl groups excluding tert-OH is 1. The van der Waals surface area contributed by atoms with Gasteiger partial charge in [-0.2, -0.15) is 0 Å². The summed E-state index contributed by atoms with van der Waals surface area (Å²) in [7, 11) is 0. The highest BCUT2D eigenvalue weighted by Crippen LogP contribution is 2.37. The Morgan fingerprint density at radius 3 is 3.00 bits per heavy atom. The lowest BCUT2D eigenvalue weighted by atomic mass is 9.94. The lowest BCUT2D eigenvalue weighted by Crippen LogP contribution is -2.24. The topological polar surface area (TPSA) is 41.5 Å². The predicted octanol–water partition coefficient (Wildman–Crippen LogP) is 2.61. The normalized spacial score (nSPS) is 19.2. The molecule has 3 heteroatoms. The van der Waals surface area contributed by atoms with Crippen molar-refractivity contribution in [2.75, 3.05) is 19.8 Å². The van der Waals surface area contributed by atoms with E-state index < -0.39 is 0 Å². The molecule has 100 valence electrons. The number of hydrogen-bond donors (Lipinski definition) is 2. The average Bonchev–Trinajstić information content (AvgIpc) is 2.58. The zero-order valence-corrected chi connectivity index (χ0v) is 11.3. The van der Waals surface area contributed by atoms with Gasteiger partial charge < -0.3 is 15.2 Å². The average molecular weight is 249 g/mol. The number of hydrogen-bond acceptors (Lipinski definition) is 3. The first kappa shape index (κ1) is 13.4. The number of rotatable bonds is 4. The zero-order valence-electron chi connectivity index (χ0n) is 11.3. The van der Waals surface area contributed by atoms with Crippen molar-refractivity contribution in [3.05, 3.63) is 29.3 Å². The van der Waals surface area contributed by atoms with Gasteiger partial charge in [0.2, 0.25) is 0 Å². The van der Waals surface area contributed by atoms with E-state index in [0.29, 0.717) is 18.5 Å². The number of ether oxygens (including phenoxy) is 1. The van der Waals surface area contributed by atoms with Gasteiger partial charge in [0.25, 0.3) is 0 Å². The molecule has 0 bridgehead atoms. The summed E-state index contributed by atoms with van der Waals surface area (Å²) in [5.74, 6) is 1.52. The Kier molecular flexibility index (Phi) is 4.61. The molecule has 3 nitrogen and oxygen atoms in total. The fourth-order valence-electron chi connectivity index (χ4n) is 2.54. The molecule has 2 N–H and O–H groups in total. The van der Waals surface area contributed by atoms with E-state index >= 15 is 0 Å². The third-order valence-corrected chi connectivity index (χ3v) is 3.46. The lowest BCUT2D eigenvalue weighted by molar-refractivity contribution is 0.281. The van der Waals surface area contributed by atoms with Crippen LogP contribution < -0.4 is 10.1 Å². The van der Waals surface area contributed by atoms with Crippen LogP contribution in [0.3, 0.4) is 0 Å². The summed E-state index contributed by atoms with van der Waals surface area (Å²) >= 11 is 0. The van der Waals surface area contributed by atoms with E-state index in [0.717, 1.165) is 25.2 Å². The largest absolute Gasteiger partial charge is 0.493 e. The highest BCUT2D eigenvalue weighted by atomic mass is 16.5. The highest BCUT2D eigenvalue weighted by molar-refractivity contribution is 5.45. The molecule has 1 aromatic rings. The quantitative estimate of drug-likeness (QED) is 0.862. The van der Waals surface area contributed by atoms with Crippen molar-refractivity contribution in [1.82, 2.24) is 5.32 Å². The van der Waals surface area contributed by atoms with Crippen molar-refractivity contribution in [1.29, 1.82) is 0 Å². The Morgan fingerprint density at radius 1 is 1.44 bits per heavy atom. The molecule has 2 rings (SSSR count). The van der Waals surface area contributed by atoms with Crippen LogP contribution in [0.15, 0.2) is 18.2 Å². The first-order valence-electron chi connectivity index (χ1n) is 6.84. The van der Waals surface area contributed by atoms with Gasteiger partial charge in [-0.25, -0.2) is 0 Å². The molecular formula is C15H23NO2. The van der Waals surface area contributed by atoms with Crippen molar-refractivity contribution in [3.8, 4) is 5.75 Å². The first-order chi connectivity index (χ1) is 8.74. The predicted molar refractivity (Wildman–Crippen MR) is 73.1 cm³/mol. The van der Waals surface area contributed by atoms with Gasteiger partial charge in [0.05, 0.1) is 13.2 Å². The molecule has 1 atom stereocenters. The number of nitrogens with one attached hydrogen (secondary N) is 1. The second-order valence-electron chi connectivity index (χ2n) is 5.14. The maximum Gasteiger partial charge on any atom is 0.127 e. The third-order valence-electron chi connectivity index (χ3n) is 3.46. The summed E-state index contributed by atoms with van der Waals surface area (Å²) in [5, 5.41) is 12.4. The van der Waals surface area contributed by atoms with E-state index in [1.807, 2.05) is 0 Å². The van der Waals surface area contributed by atoms with Gasteiger partial charge in [0.15, 0.2) is 0 Å². The number of para-hydroxylation sites is 1. The fraction of sp³-hybridized carbons (Fsp3) is 0.600. The summed E-state index contributed by atoms with van der Waals surface area (Å²) < 4.78 is 5.95. The molecule has 1 unspecified atom stereocenters. The first-order valence-corrected chi connectivity index (χ1v) is 6.84. The van der Waals surface area contributed by atoms with E-state index in [1.54, 1.807) is 0 Å². The molecule has 0 aromatic heterocycles. The molecular weight excluding hydrogens is 226 g/mol. The van der Waals surface area contributed by atoms with E-state index in [-0.39, 0.29) is 6.61 Å². The van der Waals surface area contributed by atoms with Crippen LogP contribution in [0.25, 0.3) is 0 Å². The van der Waals surface area contributed by atoms with Crippen LogP contribution in [0.4, 0.5) is 0 Å². The van der Waals surface area contributed by atoms with Crippen LogP contribution in [-0.2, 0) is 0 Å². The summed E-state index contributed by atoms with van der Waals surface area (Å²) in [6.45, 7) is 5.99.